The number of esters is 1. The van der Waals surface area contributed by atoms with Gasteiger partial charge in [0.15, 0.2) is 0 Å². The molecule has 1 aliphatic carbocycles. The Morgan fingerprint density at radius 1 is 0.800 bits per heavy atom. The molecular formula is C36H44O4. The molecule has 1 aliphatic rings. The molecule has 0 heterocycles. The van der Waals surface area contributed by atoms with Crippen LogP contribution in [0, 0.1) is 5.92 Å². The standard InChI is InChI=1S/C36H44O4/c1-2-3-4-5-6-7-8-9-10-11-14-27-17-19-28(20-18-27)33-15-12-13-16-34(33)36(39)40-32-24-23-29-25-31(35(37)38)22-21-30(29)26-32/h12-13,15-20,23-24,26,31H,2-11,14,21-22,25H2,1H3,(H,37,38). The van der Waals surface area contributed by atoms with Crippen molar-refractivity contribution < 1.29 is 19.4 Å². The highest BCUT2D eigenvalue weighted by Gasteiger charge is 2.25. The second kappa shape index (κ2) is 15.4. The molecule has 0 aromatic heterocycles. The summed E-state index contributed by atoms with van der Waals surface area (Å²) in [6.07, 6.45) is 16.3. The topological polar surface area (TPSA) is 63.6 Å². The number of rotatable bonds is 15. The summed E-state index contributed by atoms with van der Waals surface area (Å²) in [5.41, 5.74) is 5.83. The van der Waals surface area contributed by atoms with Crippen molar-refractivity contribution in [3.63, 3.8) is 0 Å². The SMILES string of the molecule is CCCCCCCCCCCCc1ccc(-c2ccccc2C(=O)Oc2ccc3c(c2)CCC(C(=O)O)C3)cc1. The number of hydrogen-bond donors (Lipinski definition) is 1. The van der Waals surface area contributed by atoms with Crippen molar-refractivity contribution >= 4 is 11.9 Å². The van der Waals surface area contributed by atoms with Crippen LogP contribution in [0.1, 0.15) is 105 Å². The third-order valence-corrected chi connectivity index (χ3v) is 8.20. The summed E-state index contributed by atoms with van der Waals surface area (Å²) in [6, 6.07) is 21.7. The minimum absolute atomic E-state index is 0.339. The predicted octanol–water partition coefficient (Wildman–Crippen LogP) is 9.23. The van der Waals surface area contributed by atoms with Crippen molar-refractivity contribution in [3.8, 4) is 16.9 Å². The summed E-state index contributed by atoms with van der Waals surface area (Å²) in [5.74, 6) is -0.970. The third-order valence-electron chi connectivity index (χ3n) is 8.20. The van der Waals surface area contributed by atoms with Crippen LogP contribution in [0.4, 0.5) is 0 Å². The van der Waals surface area contributed by atoms with Crippen molar-refractivity contribution in [2.24, 2.45) is 5.92 Å². The van der Waals surface area contributed by atoms with E-state index in [1.54, 1.807) is 6.07 Å². The van der Waals surface area contributed by atoms with Crippen LogP contribution in [0.15, 0.2) is 66.7 Å². The lowest BCUT2D eigenvalue weighted by Gasteiger charge is -2.22. The van der Waals surface area contributed by atoms with E-state index in [4.69, 9.17) is 4.74 Å². The summed E-state index contributed by atoms with van der Waals surface area (Å²) >= 11 is 0. The van der Waals surface area contributed by atoms with Gasteiger partial charge in [0.2, 0.25) is 0 Å². The quantitative estimate of drug-likeness (QED) is 0.119. The van der Waals surface area contributed by atoms with Gasteiger partial charge in [0.05, 0.1) is 11.5 Å². The molecule has 4 heteroatoms. The highest BCUT2D eigenvalue weighted by Crippen LogP contribution is 2.30. The van der Waals surface area contributed by atoms with E-state index in [9.17, 15) is 14.7 Å². The molecule has 0 fully saturated rings. The van der Waals surface area contributed by atoms with Gasteiger partial charge in [0, 0.05) is 0 Å². The normalized spacial score (nSPS) is 14.5. The molecule has 0 saturated heterocycles. The van der Waals surface area contributed by atoms with Gasteiger partial charge in [-0.15, -0.1) is 0 Å². The minimum Gasteiger partial charge on any atom is -0.481 e. The summed E-state index contributed by atoms with van der Waals surface area (Å²) < 4.78 is 5.79. The molecule has 4 nitrogen and oxygen atoms in total. The van der Waals surface area contributed by atoms with Gasteiger partial charge < -0.3 is 9.84 Å². The number of ether oxygens (including phenoxy) is 1. The molecule has 4 rings (SSSR count). The lowest BCUT2D eigenvalue weighted by molar-refractivity contribution is -0.142. The molecular weight excluding hydrogens is 496 g/mol. The number of carbonyl (C=O) groups is 2. The zero-order valence-corrected chi connectivity index (χ0v) is 24.0. The second-order valence-corrected chi connectivity index (χ2v) is 11.3. The predicted molar refractivity (Wildman–Crippen MR) is 162 cm³/mol. The molecule has 1 atom stereocenters. The van der Waals surface area contributed by atoms with E-state index in [1.807, 2.05) is 36.4 Å². The highest BCUT2D eigenvalue weighted by molar-refractivity contribution is 5.98. The molecule has 0 spiro atoms. The van der Waals surface area contributed by atoms with E-state index in [1.165, 1.54) is 69.8 Å². The van der Waals surface area contributed by atoms with Gasteiger partial charge in [-0.05, 0) is 78.1 Å². The molecule has 0 radical (unpaired) electrons. The van der Waals surface area contributed by atoms with E-state index in [-0.39, 0.29) is 11.9 Å². The number of carboxylic acid groups (broad SMARTS) is 1. The number of carboxylic acids is 1. The molecule has 40 heavy (non-hydrogen) atoms. The van der Waals surface area contributed by atoms with Crippen LogP contribution in [-0.2, 0) is 24.1 Å². The number of aliphatic carboxylic acids is 1. The molecule has 212 valence electrons. The molecule has 0 bridgehead atoms. The van der Waals surface area contributed by atoms with Crippen molar-refractivity contribution in [1.29, 1.82) is 0 Å². The van der Waals surface area contributed by atoms with Gasteiger partial charge in [-0.25, -0.2) is 4.79 Å². The van der Waals surface area contributed by atoms with Gasteiger partial charge in [-0.3, -0.25) is 4.79 Å². The van der Waals surface area contributed by atoms with Gasteiger partial charge in [0.1, 0.15) is 5.75 Å². The fraction of sp³-hybridized carbons (Fsp3) is 0.444. The largest absolute Gasteiger partial charge is 0.481 e. The molecule has 3 aromatic rings. The zero-order chi connectivity index (χ0) is 28.2. The van der Waals surface area contributed by atoms with E-state index >= 15 is 0 Å². The maximum Gasteiger partial charge on any atom is 0.344 e. The monoisotopic (exact) mass is 540 g/mol. The van der Waals surface area contributed by atoms with Crippen LogP contribution in [0.2, 0.25) is 0 Å². The van der Waals surface area contributed by atoms with Crippen LogP contribution < -0.4 is 4.74 Å². The van der Waals surface area contributed by atoms with Crippen molar-refractivity contribution in [2.45, 2.75) is 96.8 Å². The average molecular weight is 541 g/mol. The van der Waals surface area contributed by atoms with Crippen LogP contribution in [-0.4, -0.2) is 17.0 Å². The molecule has 0 aliphatic heterocycles. The van der Waals surface area contributed by atoms with Crippen LogP contribution >= 0.6 is 0 Å². The Bertz CT molecular complexity index is 1240. The molecule has 3 aromatic carbocycles. The van der Waals surface area contributed by atoms with E-state index in [0.29, 0.717) is 30.6 Å². The number of unbranched alkanes of at least 4 members (excludes halogenated alkanes) is 9. The first-order chi connectivity index (χ1) is 19.5. The Kier molecular flexibility index (Phi) is 11.4. The Hall–Kier alpha value is -3.40. The lowest BCUT2D eigenvalue weighted by Crippen LogP contribution is -2.22. The maximum absolute atomic E-state index is 13.2. The molecule has 0 saturated carbocycles. The van der Waals surface area contributed by atoms with Gasteiger partial charge >= 0.3 is 11.9 Å². The Morgan fingerprint density at radius 2 is 1.48 bits per heavy atom. The van der Waals surface area contributed by atoms with Crippen molar-refractivity contribution in [1.82, 2.24) is 0 Å². The summed E-state index contributed by atoms with van der Waals surface area (Å²) in [6.45, 7) is 2.27. The zero-order valence-electron chi connectivity index (χ0n) is 24.0. The molecule has 0 amide bonds. The summed E-state index contributed by atoms with van der Waals surface area (Å²) in [7, 11) is 0. The summed E-state index contributed by atoms with van der Waals surface area (Å²) in [5, 5.41) is 9.33. The van der Waals surface area contributed by atoms with E-state index < -0.39 is 5.97 Å². The second-order valence-electron chi connectivity index (χ2n) is 11.3. The number of carbonyl (C=O) groups excluding carboxylic acids is 1. The Labute approximate surface area is 239 Å². The third kappa shape index (κ3) is 8.55. The smallest absolute Gasteiger partial charge is 0.344 e. The average Bonchev–Trinajstić information content (AvgIpc) is 2.98. The lowest BCUT2D eigenvalue weighted by atomic mass is 9.84. The number of fused-ring (bicyclic) bond motifs is 1. The van der Waals surface area contributed by atoms with Crippen molar-refractivity contribution in [3.05, 3.63) is 89.0 Å². The first-order valence-corrected chi connectivity index (χ1v) is 15.3. The van der Waals surface area contributed by atoms with Crippen LogP contribution in [0.25, 0.3) is 11.1 Å². The number of benzene rings is 3. The van der Waals surface area contributed by atoms with E-state index in [0.717, 1.165) is 28.7 Å². The number of hydrogen-bond acceptors (Lipinski definition) is 3. The Balaban J connectivity index is 1.28. The Morgan fingerprint density at radius 3 is 2.17 bits per heavy atom. The number of aryl methyl sites for hydroxylation is 2. The molecule has 1 unspecified atom stereocenters. The molecule has 1 N–H and O–H groups in total. The fourth-order valence-electron chi connectivity index (χ4n) is 5.75. The van der Waals surface area contributed by atoms with Crippen LogP contribution in [0.3, 0.4) is 0 Å². The van der Waals surface area contributed by atoms with E-state index in [2.05, 4.69) is 31.2 Å². The first-order valence-electron chi connectivity index (χ1n) is 15.3. The fourth-order valence-corrected chi connectivity index (χ4v) is 5.75. The van der Waals surface area contributed by atoms with Gasteiger partial charge in [0.25, 0.3) is 0 Å². The van der Waals surface area contributed by atoms with Gasteiger partial charge in [-0.2, -0.15) is 0 Å². The minimum atomic E-state index is -0.746. The van der Waals surface area contributed by atoms with Crippen LogP contribution in [0.5, 0.6) is 5.75 Å². The van der Waals surface area contributed by atoms with Crippen molar-refractivity contribution in [2.75, 3.05) is 0 Å². The summed E-state index contributed by atoms with van der Waals surface area (Å²) in [4.78, 5) is 24.6. The first kappa shape index (κ1) is 29.6. The maximum atomic E-state index is 13.2. The van der Waals surface area contributed by atoms with Gasteiger partial charge in [-0.1, -0.05) is 113 Å². The highest BCUT2D eigenvalue weighted by atomic mass is 16.5.